The van der Waals surface area contributed by atoms with Crippen molar-refractivity contribution in [2.24, 2.45) is 0 Å². The molecule has 0 unspecified atom stereocenters. The van der Waals surface area contributed by atoms with Gasteiger partial charge in [0.2, 0.25) is 0 Å². The fourth-order valence-corrected chi connectivity index (χ4v) is 2.21. The van der Waals surface area contributed by atoms with Crippen molar-refractivity contribution in [3.63, 3.8) is 0 Å². The fraction of sp³-hybridized carbons (Fsp3) is 0.400. The van der Waals surface area contributed by atoms with Gasteiger partial charge in [0, 0.05) is 3.57 Å². The highest BCUT2D eigenvalue weighted by Gasteiger charge is 2.24. The Morgan fingerprint density at radius 3 is 2.76 bits per heavy atom. The Morgan fingerprint density at radius 2 is 2.29 bits per heavy atom. The van der Waals surface area contributed by atoms with Gasteiger partial charge in [-0.15, -0.1) is 11.6 Å². The number of alkyl halides is 3. The molecule has 0 bridgehead atoms. The highest BCUT2D eigenvalue weighted by Crippen LogP contribution is 2.26. The van der Waals surface area contributed by atoms with Crippen LogP contribution in [0.3, 0.4) is 0 Å². The molecule has 0 N–H and O–H groups in total. The number of carbonyl (C=O) groups is 1. The van der Waals surface area contributed by atoms with E-state index in [9.17, 15) is 13.6 Å². The molecule has 0 amide bonds. The topological polar surface area (TPSA) is 39.2 Å². The number of rotatable bonds is 4. The van der Waals surface area contributed by atoms with Crippen molar-refractivity contribution in [2.75, 3.05) is 6.61 Å². The maximum Gasteiger partial charge on any atom is 0.341 e. The average Bonchev–Trinajstić information content (AvgIpc) is 2.27. The van der Waals surface area contributed by atoms with Gasteiger partial charge < -0.3 is 4.74 Å². The molecule has 0 radical (unpaired) electrons. The fourth-order valence-electron chi connectivity index (χ4n) is 1.22. The van der Waals surface area contributed by atoms with Gasteiger partial charge in [-0.1, -0.05) is 0 Å². The normalized spacial score (nSPS) is 10.7. The van der Waals surface area contributed by atoms with Crippen LogP contribution in [0.4, 0.5) is 8.78 Å². The van der Waals surface area contributed by atoms with Gasteiger partial charge >= 0.3 is 5.97 Å². The van der Waals surface area contributed by atoms with Crippen LogP contribution < -0.4 is 0 Å². The van der Waals surface area contributed by atoms with Crippen molar-refractivity contribution in [1.29, 1.82) is 0 Å². The second-order valence-electron chi connectivity index (χ2n) is 3.01. The molecule has 1 aromatic rings. The molecule has 0 aromatic carbocycles. The van der Waals surface area contributed by atoms with Gasteiger partial charge in [0.25, 0.3) is 6.43 Å². The molecule has 0 aliphatic rings. The monoisotopic (exact) mass is 375 g/mol. The summed E-state index contributed by atoms with van der Waals surface area (Å²) in [6.45, 7) is 1.72. The van der Waals surface area contributed by atoms with Crippen LogP contribution in [0.2, 0.25) is 0 Å². The molecule has 0 atom stereocenters. The summed E-state index contributed by atoms with van der Waals surface area (Å²) < 4.78 is 30.7. The largest absolute Gasteiger partial charge is 0.462 e. The number of hydrogen-bond acceptors (Lipinski definition) is 3. The van der Waals surface area contributed by atoms with Gasteiger partial charge in [0.15, 0.2) is 0 Å². The summed E-state index contributed by atoms with van der Waals surface area (Å²) in [5.41, 5.74) is -0.457. The zero-order chi connectivity index (χ0) is 13.0. The Morgan fingerprint density at radius 1 is 1.65 bits per heavy atom. The van der Waals surface area contributed by atoms with E-state index in [1.807, 2.05) is 0 Å². The van der Waals surface area contributed by atoms with Gasteiger partial charge in [0.1, 0.15) is 11.3 Å². The molecule has 1 heterocycles. The third kappa shape index (κ3) is 3.48. The van der Waals surface area contributed by atoms with Gasteiger partial charge in [-0.05, 0) is 35.6 Å². The van der Waals surface area contributed by atoms with Crippen LogP contribution in [-0.2, 0) is 10.6 Å². The molecule has 0 aliphatic carbocycles. The summed E-state index contributed by atoms with van der Waals surface area (Å²) in [7, 11) is 0. The van der Waals surface area contributed by atoms with Crippen LogP contribution in [0.15, 0.2) is 6.07 Å². The van der Waals surface area contributed by atoms with Crippen molar-refractivity contribution in [2.45, 2.75) is 19.2 Å². The van der Waals surface area contributed by atoms with Gasteiger partial charge in [0.05, 0.1) is 18.2 Å². The van der Waals surface area contributed by atoms with Crippen molar-refractivity contribution in [1.82, 2.24) is 4.98 Å². The van der Waals surface area contributed by atoms with E-state index in [-0.39, 0.29) is 18.1 Å². The lowest BCUT2D eigenvalue weighted by atomic mass is 10.2. The van der Waals surface area contributed by atoms with E-state index in [0.29, 0.717) is 9.26 Å². The average molecular weight is 376 g/mol. The second-order valence-corrected chi connectivity index (χ2v) is 4.44. The maximum absolute atomic E-state index is 12.8. The van der Waals surface area contributed by atoms with Gasteiger partial charge in [-0.2, -0.15) is 0 Å². The van der Waals surface area contributed by atoms with Crippen LogP contribution in [0, 0.1) is 3.57 Å². The summed E-state index contributed by atoms with van der Waals surface area (Å²) in [5, 5.41) is 0. The molecule has 0 spiro atoms. The number of ether oxygens (including phenoxy) is 1. The van der Waals surface area contributed by atoms with E-state index in [1.54, 1.807) is 29.5 Å². The highest BCUT2D eigenvalue weighted by molar-refractivity contribution is 14.1. The molecule has 0 fully saturated rings. The van der Waals surface area contributed by atoms with Crippen LogP contribution in [0.1, 0.15) is 35.1 Å². The summed E-state index contributed by atoms with van der Waals surface area (Å²) in [4.78, 5) is 15.2. The third-order valence-electron chi connectivity index (χ3n) is 1.88. The molecule has 1 rings (SSSR count). The quantitative estimate of drug-likeness (QED) is 0.459. The predicted molar refractivity (Wildman–Crippen MR) is 67.4 cm³/mol. The van der Waals surface area contributed by atoms with Crippen LogP contribution >= 0.6 is 34.2 Å². The SMILES string of the molecule is CCOC(=O)c1c(I)cc(CCl)nc1C(F)F. The first-order valence-corrected chi connectivity index (χ1v) is 6.33. The van der Waals surface area contributed by atoms with E-state index in [4.69, 9.17) is 16.3 Å². The van der Waals surface area contributed by atoms with Gasteiger partial charge in [-0.25, -0.2) is 18.6 Å². The van der Waals surface area contributed by atoms with Crippen LogP contribution in [-0.4, -0.2) is 17.6 Å². The van der Waals surface area contributed by atoms with E-state index in [2.05, 4.69) is 4.98 Å². The number of carbonyl (C=O) groups excluding carboxylic acids is 1. The Labute approximate surface area is 116 Å². The molecule has 1 aromatic heterocycles. The van der Waals surface area contributed by atoms with E-state index in [0.717, 1.165) is 0 Å². The number of pyridine rings is 1. The first kappa shape index (κ1) is 14.6. The first-order chi connectivity index (χ1) is 8.01. The number of halogens is 4. The molecule has 0 aliphatic heterocycles. The highest BCUT2D eigenvalue weighted by atomic mass is 127. The van der Waals surface area contributed by atoms with E-state index in [1.165, 1.54) is 6.07 Å². The van der Waals surface area contributed by atoms with Crippen molar-refractivity contribution in [3.05, 3.63) is 26.6 Å². The minimum absolute atomic E-state index is 0.0127. The Balaban J connectivity index is 3.31. The summed E-state index contributed by atoms with van der Waals surface area (Å²) >= 11 is 7.33. The molecule has 0 saturated carbocycles. The Bertz CT molecular complexity index is 429. The minimum Gasteiger partial charge on any atom is -0.462 e. The summed E-state index contributed by atoms with van der Waals surface area (Å²) in [5.74, 6) is -0.778. The summed E-state index contributed by atoms with van der Waals surface area (Å²) in [6.07, 6.45) is -2.84. The molecule has 17 heavy (non-hydrogen) atoms. The maximum atomic E-state index is 12.8. The lowest BCUT2D eigenvalue weighted by Crippen LogP contribution is -2.13. The smallest absolute Gasteiger partial charge is 0.341 e. The molecule has 0 saturated heterocycles. The Hall–Kier alpha value is -0.500. The van der Waals surface area contributed by atoms with Crippen LogP contribution in [0.25, 0.3) is 0 Å². The number of esters is 1. The number of hydrogen-bond donors (Lipinski definition) is 0. The minimum atomic E-state index is -2.84. The third-order valence-corrected chi connectivity index (χ3v) is 3.00. The van der Waals surface area contributed by atoms with Gasteiger partial charge in [-0.3, -0.25) is 0 Å². The second kappa shape index (κ2) is 6.44. The first-order valence-electron chi connectivity index (χ1n) is 4.71. The molecule has 3 nitrogen and oxygen atoms in total. The zero-order valence-corrected chi connectivity index (χ0v) is 11.8. The zero-order valence-electron chi connectivity index (χ0n) is 8.84. The van der Waals surface area contributed by atoms with Crippen molar-refractivity contribution >= 4 is 40.2 Å². The lowest BCUT2D eigenvalue weighted by Gasteiger charge is -2.11. The lowest BCUT2D eigenvalue weighted by molar-refractivity contribution is 0.0512. The molecule has 94 valence electrons. The predicted octanol–water partition coefficient (Wildman–Crippen LogP) is 3.54. The van der Waals surface area contributed by atoms with E-state index >= 15 is 0 Å². The van der Waals surface area contributed by atoms with Crippen molar-refractivity contribution < 1.29 is 18.3 Å². The Kier molecular flexibility index (Phi) is 5.51. The van der Waals surface area contributed by atoms with E-state index < -0.39 is 18.1 Å². The van der Waals surface area contributed by atoms with Crippen molar-refractivity contribution in [3.8, 4) is 0 Å². The molecule has 7 heteroatoms. The standard InChI is InChI=1S/C10H9ClF2INO2/c1-2-17-10(16)7-6(14)3-5(4-11)15-8(7)9(12)13/h3,9H,2,4H2,1H3. The molecular weight excluding hydrogens is 366 g/mol. The number of nitrogens with zero attached hydrogens (tertiary/aromatic N) is 1. The van der Waals surface area contributed by atoms with Crippen LogP contribution in [0.5, 0.6) is 0 Å². The number of aromatic nitrogens is 1. The molecular formula is C10H9ClF2INO2. The summed E-state index contributed by atoms with van der Waals surface area (Å²) in [6, 6.07) is 1.49.